The number of aryl methyl sites for hydroxylation is 1. The van der Waals surface area contributed by atoms with Crippen molar-refractivity contribution < 1.29 is 14.3 Å². The molecule has 7 nitrogen and oxygen atoms in total. The highest BCUT2D eigenvalue weighted by atomic mass is 32.1. The van der Waals surface area contributed by atoms with E-state index in [0.717, 1.165) is 27.4 Å². The summed E-state index contributed by atoms with van der Waals surface area (Å²) in [5.74, 6) is 1.91. The monoisotopic (exact) mass is 422 g/mol. The molecule has 4 aromatic rings. The van der Waals surface area contributed by atoms with Gasteiger partial charge in [-0.1, -0.05) is 35.6 Å². The number of carbonyl (C=O) groups is 1. The van der Waals surface area contributed by atoms with E-state index in [4.69, 9.17) is 14.5 Å². The topological polar surface area (TPSA) is 78.3 Å². The van der Waals surface area contributed by atoms with Gasteiger partial charge in [-0.05, 0) is 38.1 Å². The maximum Gasteiger partial charge on any atom is 0.228 e. The number of aromatic nitrogens is 3. The molecule has 0 atom stereocenters. The SMILES string of the molecule is CCOc1cccc2sc(-n3nc(C)cc3NC(=O)CCOc3ccccc3)nc12. The van der Waals surface area contributed by atoms with Crippen LogP contribution in [0.3, 0.4) is 0 Å². The van der Waals surface area contributed by atoms with Gasteiger partial charge in [0.1, 0.15) is 22.8 Å². The number of hydrogen-bond acceptors (Lipinski definition) is 6. The summed E-state index contributed by atoms with van der Waals surface area (Å²) in [6.07, 6.45) is 0.230. The fourth-order valence-electron chi connectivity index (χ4n) is 2.99. The van der Waals surface area contributed by atoms with Gasteiger partial charge in [0.05, 0.1) is 30.0 Å². The molecule has 0 fully saturated rings. The van der Waals surface area contributed by atoms with Gasteiger partial charge in [0.15, 0.2) is 0 Å². The Morgan fingerprint density at radius 1 is 1.13 bits per heavy atom. The lowest BCUT2D eigenvalue weighted by Crippen LogP contribution is -2.17. The predicted octanol–water partition coefficient (Wildman–Crippen LogP) is 4.60. The van der Waals surface area contributed by atoms with Crippen LogP contribution in [0.15, 0.2) is 54.6 Å². The van der Waals surface area contributed by atoms with E-state index in [9.17, 15) is 4.79 Å². The van der Waals surface area contributed by atoms with Gasteiger partial charge in [0.25, 0.3) is 0 Å². The molecule has 0 aliphatic heterocycles. The molecule has 2 aromatic carbocycles. The molecule has 2 heterocycles. The smallest absolute Gasteiger partial charge is 0.228 e. The van der Waals surface area contributed by atoms with Gasteiger partial charge in [-0.3, -0.25) is 4.79 Å². The average Bonchev–Trinajstić information content (AvgIpc) is 3.33. The molecule has 0 aliphatic carbocycles. The molecule has 154 valence electrons. The van der Waals surface area contributed by atoms with E-state index >= 15 is 0 Å². The standard InChI is InChI=1S/C22H22N4O3S/c1-3-28-17-10-7-11-18-21(17)24-22(30-18)26-19(14-15(2)25-26)23-20(27)12-13-29-16-8-5-4-6-9-16/h4-11,14H,3,12-13H2,1-2H3,(H,23,27). The summed E-state index contributed by atoms with van der Waals surface area (Å²) < 4.78 is 13.9. The van der Waals surface area contributed by atoms with E-state index in [2.05, 4.69) is 10.4 Å². The summed E-state index contributed by atoms with van der Waals surface area (Å²) in [4.78, 5) is 17.1. The van der Waals surface area contributed by atoms with Crippen molar-refractivity contribution in [1.82, 2.24) is 14.8 Å². The molecule has 0 saturated heterocycles. The van der Waals surface area contributed by atoms with Crippen LogP contribution in [-0.4, -0.2) is 33.9 Å². The molecular weight excluding hydrogens is 400 g/mol. The van der Waals surface area contributed by atoms with Gasteiger partial charge in [-0.15, -0.1) is 0 Å². The number of ether oxygens (including phenoxy) is 2. The Kier molecular flexibility index (Phi) is 5.94. The van der Waals surface area contributed by atoms with Crippen LogP contribution < -0.4 is 14.8 Å². The molecule has 8 heteroatoms. The number of benzene rings is 2. The fraction of sp³-hybridized carbons (Fsp3) is 0.227. The zero-order valence-corrected chi connectivity index (χ0v) is 17.6. The van der Waals surface area contributed by atoms with Crippen molar-refractivity contribution in [2.45, 2.75) is 20.3 Å². The molecule has 0 spiro atoms. The normalized spacial score (nSPS) is 10.9. The zero-order valence-electron chi connectivity index (χ0n) is 16.8. The molecule has 2 aromatic heterocycles. The van der Waals surface area contributed by atoms with E-state index in [1.165, 1.54) is 11.3 Å². The first-order valence-electron chi connectivity index (χ1n) is 9.71. The van der Waals surface area contributed by atoms with Crippen LogP contribution in [0.4, 0.5) is 5.82 Å². The second-order valence-electron chi connectivity index (χ2n) is 6.57. The van der Waals surface area contributed by atoms with Crippen molar-refractivity contribution >= 4 is 33.3 Å². The van der Waals surface area contributed by atoms with Crippen LogP contribution >= 0.6 is 11.3 Å². The second kappa shape index (κ2) is 8.96. The molecule has 4 rings (SSSR count). The zero-order chi connectivity index (χ0) is 20.9. The van der Waals surface area contributed by atoms with E-state index in [0.29, 0.717) is 24.2 Å². The number of carbonyl (C=O) groups excluding carboxylic acids is 1. The van der Waals surface area contributed by atoms with E-state index in [-0.39, 0.29) is 12.3 Å². The molecule has 30 heavy (non-hydrogen) atoms. The molecule has 1 amide bonds. The van der Waals surface area contributed by atoms with E-state index in [1.807, 2.05) is 68.4 Å². The predicted molar refractivity (Wildman–Crippen MR) is 118 cm³/mol. The first kappa shape index (κ1) is 19.9. The lowest BCUT2D eigenvalue weighted by atomic mass is 10.3. The van der Waals surface area contributed by atoms with Crippen LogP contribution in [0.2, 0.25) is 0 Å². The number of nitrogens with one attached hydrogen (secondary N) is 1. The van der Waals surface area contributed by atoms with E-state index < -0.39 is 0 Å². The lowest BCUT2D eigenvalue weighted by molar-refractivity contribution is -0.116. The van der Waals surface area contributed by atoms with Gasteiger partial charge in [0.2, 0.25) is 11.0 Å². The van der Waals surface area contributed by atoms with Crippen molar-refractivity contribution in [3.63, 3.8) is 0 Å². The third-order valence-electron chi connectivity index (χ3n) is 4.29. The highest BCUT2D eigenvalue weighted by Crippen LogP contribution is 2.32. The van der Waals surface area contributed by atoms with Crippen LogP contribution in [0, 0.1) is 6.92 Å². The number of thiazole rings is 1. The number of fused-ring (bicyclic) bond motifs is 1. The summed E-state index contributed by atoms with van der Waals surface area (Å²) >= 11 is 1.49. The van der Waals surface area contributed by atoms with Gasteiger partial charge in [0, 0.05) is 6.07 Å². The highest BCUT2D eigenvalue weighted by molar-refractivity contribution is 7.20. The van der Waals surface area contributed by atoms with Crippen molar-refractivity contribution in [1.29, 1.82) is 0 Å². The fourth-order valence-corrected chi connectivity index (χ4v) is 3.94. The Morgan fingerprint density at radius 3 is 2.77 bits per heavy atom. The summed E-state index contributed by atoms with van der Waals surface area (Å²) in [6, 6.07) is 17.1. The summed E-state index contributed by atoms with van der Waals surface area (Å²) in [5.41, 5.74) is 1.58. The summed E-state index contributed by atoms with van der Waals surface area (Å²) in [7, 11) is 0. The molecule has 0 radical (unpaired) electrons. The molecular formula is C22H22N4O3S. The minimum absolute atomic E-state index is 0.150. The van der Waals surface area contributed by atoms with Crippen molar-refractivity contribution in [3.8, 4) is 16.6 Å². The third-order valence-corrected chi connectivity index (χ3v) is 5.29. The average molecular weight is 423 g/mol. The Morgan fingerprint density at radius 2 is 1.97 bits per heavy atom. The molecule has 0 aliphatic rings. The lowest BCUT2D eigenvalue weighted by Gasteiger charge is -2.08. The van der Waals surface area contributed by atoms with Gasteiger partial charge < -0.3 is 14.8 Å². The van der Waals surface area contributed by atoms with Crippen LogP contribution in [0.1, 0.15) is 19.0 Å². The van der Waals surface area contributed by atoms with Crippen molar-refractivity contribution in [3.05, 3.63) is 60.3 Å². The van der Waals surface area contributed by atoms with Crippen molar-refractivity contribution in [2.75, 3.05) is 18.5 Å². The quantitative estimate of drug-likeness (QED) is 0.449. The Hall–Kier alpha value is -3.39. The second-order valence-corrected chi connectivity index (χ2v) is 7.58. The molecule has 0 saturated carbocycles. The van der Waals surface area contributed by atoms with Crippen LogP contribution in [0.25, 0.3) is 15.3 Å². The number of hydrogen-bond donors (Lipinski definition) is 1. The summed E-state index contributed by atoms with van der Waals surface area (Å²) in [5, 5.41) is 8.10. The van der Waals surface area contributed by atoms with Crippen LogP contribution in [0.5, 0.6) is 11.5 Å². The number of anilines is 1. The van der Waals surface area contributed by atoms with Gasteiger partial charge in [-0.2, -0.15) is 9.78 Å². The molecule has 0 unspecified atom stereocenters. The largest absolute Gasteiger partial charge is 0.493 e. The first-order chi connectivity index (χ1) is 14.6. The minimum Gasteiger partial charge on any atom is -0.493 e. The maximum absolute atomic E-state index is 12.4. The summed E-state index contributed by atoms with van der Waals surface area (Å²) in [6.45, 7) is 4.68. The van der Waals surface area contributed by atoms with Gasteiger partial charge in [-0.25, -0.2) is 4.98 Å². The molecule has 1 N–H and O–H groups in total. The highest BCUT2D eigenvalue weighted by Gasteiger charge is 2.16. The molecule has 0 bridgehead atoms. The van der Waals surface area contributed by atoms with Crippen molar-refractivity contribution in [2.24, 2.45) is 0 Å². The number of rotatable bonds is 8. The number of nitrogens with zero attached hydrogens (tertiary/aromatic N) is 3. The minimum atomic E-state index is -0.150. The Bertz CT molecular complexity index is 1150. The number of amides is 1. The van der Waals surface area contributed by atoms with Crippen LogP contribution in [-0.2, 0) is 4.79 Å². The Balaban J connectivity index is 1.49. The number of para-hydroxylation sites is 2. The van der Waals surface area contributed by atoms with E-state index in [1.54, 1.807) is 4.68 Å². The maximum atomic E-state index is 12.4. The Labute approximate surface area is 178 Å². The van der Waals surface area contributed by atoms with Gasteiger partial charge >= 0.3 is 0 Å². The third kappa shape index (κ3) is 4.44. The first-order valence-corrected chi connectivity index (χ1v) is 10.5.